The summed E-state index contributed by atoms with van der Waals surface area (Å²) in [5, 5.41) is 4.30. The van der Waals surface area contributed by atoms with E-state index < -0.39 is 5.41 Å². The van der Waals surface area contributed by atoms with Crippen LogP contribution >= 0.6 is 0 Å². The molecule has 0 unspecified atom stereocenters. The lowest BCUT2D eigenvalue weighted by Gasteiger charge is -2.41. The molecule has 6 nitrogen and oxygen atoms in total. The molecule has 2 atom stereocenters. The average Bonchev–Trinajstić information content (AvgIpc) is 3.16. The molecular formula is C22H30N2O4. The fraction of sp³-hybridized carbons (Fsp3) is 0.591. The number of nitrogens with zero attached hydrogens (tertiary/aromatic N) is 2. The quantitative estimate of drug-likeness (QED) is 0.702. The number of carbonyl (C=O) groups excluding carboxylic acids is 2. The van der Waals surface area contributed by atoms with Crippen LogP contribution in [0.25, 0.3) is 0 Å². The van der Waals surface area contributed by atoms with Gasteiger partial charge in [-0.15, -0.1) is 0 Å². The van der Waals surface area contributed by atoms with Gasteiger partial charge in [-0.05, 0) is 32.3 Å². The highest BCUT2D eigenvalue weighted by Crippen LogP contribution is 2.39. The number of esters is 1. The van der Waals surface area contributed by atoms with Crippen LogP contribution in [0.15, 0.2) is 29.4 Å². The van der Waals surface area contributed by atoms with E-state index in [2.05, 4.69) is 18.1 Å². The summed E-state index contributed by atoms with van der Waals surface area (Å²) in [6, 6.07) is 8.10. The van der Waals surface area contributed by atoms with Crippen LogP contribution in [0, 0.1) is 12.3 Å². The van der Waals surface area contributed by atoms with Crippen LogP contribution in [0.5, 0.6) is 0 Å². The average molecular weight is 386 g/mol. The first kappa shape index (κ1) is 20.4. The van der Waals surface area contributed by atoms with E-state index in [1.54, 1.807) is 4.90 Å². The van der Waals surface area contributed by atoms with E-state index in [-0.39, 0.29) is 18.0 Å². The molecule has 0 bridgehead atoms. The Balaban J connectivity index is 1.75. The second-order valence-electron chi connectivity index (χ2n) is 7.76. The third-order valence-corrected chi connectivity index (χ3v) is 5.75. The molecule has 28 heavy (non-hydrogen) atoms. The normalized spacial score (nSPS) is 24.5. The maximum Gasteiger partial charge on any atom is 0.314 e. The van der Waals surface area contributed by atoms with Crippen molar-refractivity contribution in [2.24, 2.45) is 10.6 Å². The molecule has 2 heterocycles. The third-order valence-electron chi connectivity index (χ3n) is 5.75. The van der Waals surface area contributed by atoms with Crippen LogP contribution in [-0.4, -0.2) is 48.3 Å². The molecule has 1 aromatic rings. The molecule has 6 heteroatoms. The Morgan fingerprint density at radius 1 is 1.32 bits per heavy atom. The zero-order valence-electron chi connectivity index (χ0n) is 17.1. The third kappa shape index (κ3) is 4.21. The van der Waals surface area contributed by atoms with Crippen LogP contribution in [0.4, 0.5) is 0 Å². The number of rotatable bonds is 6. The molecule has 1 aromatic carbocycles. The number of benzene rings is 1. The minimum absolute atomic E-state index is 0.0811. The van der Waals surface area contributed by atoms with E-state index in [9.17, 15) is 9.59 Å². The molecular weight excluding hydrogens is 356 g/mol. The number of carbonyl (C=O) groups is 2. The highest BCUT2D eigenvalue weighted by molar-refractivity contribution is 6.02. The highest BCUT2D eigenvalue weighted by Gasteiger charge is 2.47. The maximum absolute atomic E-state index is 12.9. The first-order chi connectivity index (χ1) is 13.5. The van der Waals surface area contributed by atoms with Gasteiger partial charge in [0.05, 0.1) is 17.7 Å². The fourth-order valence-electron chi connectivity index (χ4n) is 4.30. The summed E-state index contributed by atoms with van der Waals surface area (Å²) in [5.74, 6) is -0.144. The van der Waals surface area contributed by atoms with Gasteiger partial charge in [-0.2, -0.15) is 0 Å². The van der Waals surface area contributed by atoms with Crippen molar-refractivity contribution < 1.29 is 19.2 Å². The number of hydrogen-bond acceptors (Lipinski definition) is 5. The van der Waals surface area contributed by atoms with Crippen molar-refractivity contribution >= 4 is 17.6 Å². The summed E-state index contributed by atoms with van der Waals surface area (Å²) in [6.07, 6.45) is 2.93. The monoisotopic (exact) mass is 386 g/mol. The minimum atomic E-state index is -0.722. The number of hydrogen-bond donors (Lipinski definition) is 0. The Bertz CT molecular complexity index is 761. The van der Waals surface area contributed by atoms with Gasteiger partial charge in [0.1, 0.15) is 6.10 Å². The van der Waals surface area contributed by atoms with Crippen molar-refractivity contribution in [1.29, 1.82) is 0 Å². The summed E-state index contributed by atoms with van der Waals surface area (Å²) in [4.78, 5) is 32.7. The van der Waals surface area contributed by atoms with Gasteiger partial charge in [0, 0.05) is 37.9 Å². The molecule has 2 aliphatic heterocycles. The van der Waals surface area contributed by atoms with E-state index in [4.69, 9.17) is 9.57 Å². The number of oxime groups is 1. The Morgan fingerprint density at radius 2 is 2.11 bits per heavy atom. The number of piperidine rings is 1. The molecule has 0 saturated carbocycles. The Labute approximate surface area is 166 Å². The van der Waals surface area contributed by atoms with Crippen LogP contribution in [-0.2, 0) is 19.2 Å². The molecule has 3 rings (SSSR count). The smallest absolute Gasteiger partial charge is 0.314 e. The molecule has 1 amide bonds. The first-order valence-electron chi connectivity index (χ1n) is 10.2. The summed E-state index contributed by atoms with van der Waals surface area (Å²) < 4.78 is 5.42. The molecule has 0 aromatic heterocycles. The van der Waals surface area contributed by atoms with Crippen molar-refractivity contribution in [2.45, 2.75) is 59.0 Å². The molecule has 2 aliphatic rings. The highest BCUT2D eigenvalue weighted by atomic mass is 16.6. The number of amides is 1. The SMILES string of the molecule is CCOC(=O)[C@]1(C[C@H]2CC(c3ccccc3C)=NO2)CCCN(C(=O)CC)C1. The summed E-state index contributed by atoms with van der Waals surface area (Å²) >= 11 is 0. The molecule has 1 saturated heterocycles. The van der Waals surface area contributed by atoms with Gasteiger partial charge in [-0.1, -0.05) is 36.3 Å². The molecule has 1 fully saturated rings. The van der Waals surface area contributed by atoms with Crippen molar-refractivity contribution in [3.05, 3.63) is 35.4 Å². The maximum atomic E-state index is 12.9. The van der Waals surface area contributed by atoms with Crippen molar-refractivity contribution in [3.8, 4) is 0 Å². The van der Waals surface area contributed by atoms with Crippen LogP contribution < -0.4 is 0 Å². The Hall–Kier alpha value is -2.37. The number of ether oxygens (including phenoxy) is 1. The molecule has 0 radical (unpaired) electrons. The Morgan fingerprint density at radius 3 is 2.82 bits per heavy atom. The Kier molecular flexibility index (Phi) is 6.37. The van der Waals surface area contributed by atoms with Crippen molar-refractivity contribution in [3.63, 3.8) is 0 Å². The fourth-order valence-corrected chi connectivity index (χ4v) is 4.30. The molecule has 0 N–H and O–H groups in total. The van der Waals surface area contributed by atoms with Gasteiger partial charge < -0.3 is 14.5 Å². The van der Waals surface area contributed by atoms with Crippen LogP contribution in [0.1, 0.15) is 57.1 Å². The number of aryl methyl sites for hydroxylation is 1. The first-order valence-corrected chi connectivity index (χ1v) is 10.2. The molecule has 0 spiro atoms. The second kappa shape index (κ2) is 8.76. The number of likely N-dealkylation sites (tertiary alicyclic amines) is 1. The van der Waals surface area contributed by atoms with E-state index in [0.717, 1.165) is 23.3 Å². The van der Waals surface area contributed by atoms with Gasteiger partial charge in [0.2, 0.25) is 5.91 Å². The van der Waals surface area contributed by atoms with E-state index in [1.165, 1.54) is 0 Å². The molecule has 0 aliphatic carbocycles. The van der Waals surface area contributed by atoms with E-state index in [0.29, 0.717) is 45.4 Å². The van der Waals surface area contributed by atoms with E-state index in [1.807, 2.05) is 32.0 Å². The predicted molar refractivity (Wildman–Crippen MR) is 107 cm³/mol. The van der Waals surface area contributed by atoms with Crippen molar-refractivity contribution in [1.82, 2.24) is 4.90 Å². The lowest BCUT2D eigenvalue weighted by molar-refractivity contribution is -0.163. The standard InChI is InChI=1S/C22H30N2O4/c1-4-20(25)24-12-8-11-22(15-24,21(26)27-5-2)14-17-13-19(23-28-17)18-10-7-6-9-16(18)3/h6-7,9-10,17H,4-5,8,11-15H2,1-3H3/t17-,22+/m1/s1. The molecule has 152 valence electrons. The second-order valence-corrected chi connectivity index (χ2v) is 7.76. The van der Waals surface area contributed by atoms with Crippen LogP contribution in [0.2, 0.25) is 0 Å². The zero-order chi connectivity index (χ0) is 20.1. The van der Waals surface area contributed by atoms with Gasteiger partial charge in [-0.25, -0.2) is 0 Å². The summed E-state index contributed by atoms with van der Waals surface area (Å²) in [5.41, 5.74) is 2.43. The van der Waals surface area contributed by atoms with Gasteiger partial charge in [-0.3, -0.25) is 9.59 Å². The topological polar surface area (TPSA) is 68.2 Å². The lowest BCUT2D eigenvalue weighted by atomic mass is 9.74. The van der Waals surface area contributed by atoms with Gasteiger partial charge >= 0.3 is 5.97 Å². The van der Waals surface area contributed by atoms with Gasteiger partial charge in [0.15, 0.2) is 0 Å². The summed E-state index contributed by atoms with van der Waals surface area (Å²) in [7, 11) is 0. The minimum Gasteiger partial charge on any atom is -0.466 e. The largest absolute Gasteiger partial charge is 0.466 e. The zero-order valence-corrected chi connectivity index (χ0v) is 17.1. The lowest BCUT2D eigenvalue weighted by Crippen LogP contribution is -2.51. The summed E-state index contributed by atoms with van der Waals surface area (Å²) in [6.45, 7) is 7.15. The predicted octanol–water partition coefficient (Wildman–Crippen LogP) is 3.46. The van der Waals surface area contributed by atoms with Gasteiger partial charge in [0.25, 0.3) is 0 Å². The van der Waals surface area contributed by atoms with Crippen LogP contribution in [0.3, 0.4) is 0 Å². The van der Waals surface area contributed by atoms with E-state index >= 15 is 0 Å². The van der Waals surface area contributed by atoms with Crippen molar-refractivity contribution in [2.75, 3.05) is 19.7 Å².